The van der Waals surface area contributed by atoms with E-state index in [4.69, 9.17) is 11.1 Å². The maximum Gasteiger partial charge on any atom is 0.135 e. The molecule has 0 aliphatic heterocycles. The van der Waals surface area contributed by atoms with Crippen LogP contribution in [0.2, 0.25) is 0 Å². The Labute approximate surface area is 105 Å². The summed E-state index contributed by atoms with van der Waals surface area (Å²) in [5.74, 6) is -0.570. The summed E-state index contributed by atoms with van der Waals surface area (Å²) in [4.78, 5) is 0.810. The molecule has 0 saturated heterocycles. The quantitative estimate of drug-likeness (QED) is 0.638. The van der Waals surface area contributed by atoms with Crippen molar-refractivity contribution in [3.8, 4) is 0 Å². The molecule has 0 bridgehead atoms. The lowest BCUT2D eigenvalue weighted by Gasteiger charge is -2.22. The van der Waals surface area contributed by atoms with Crippen LogP contribution in [-0.4, -0.2) is 11.1 Å². The van der Waals surface area contributed by atoms with E-state index in [-0.39, 0.29) is 11.4 Å². The number of nitrogens with one attached hydrogen (secondary N) is 1. The molecule has 92 valence electrons. The van der Waals surface area contributed by atoms with E-state index in [1.54, 1.807) is 17.8 Å². The molecule has 4 heteroatoms. The third-order valence-corrected chi connectivity index (χ3v) is 4.49. The second-order valence-corrected chi connectivity index (χ2v) is 5.75. The highest BCUT2D eigenvalue weighted by Gasteiger charge is 2.18. The first-order valence-corrected chi connectivity index (χ1v) is 6.86. The van der Waals surface area contributed by atoms with E-state index < -0.39 is 5.82 Å². The van der Waals surface area contributed by atoms with Crippen molar-refractivity contribution in [1.29, 1.82) is 5.41 Å². The summed E-state index contributed by atoms with van der Waals surface area (Å²) in [6.45, 7) is 0. The number of nitrogens with two attached hydrogens (primary N) is 1. The molecule has 2 rings (SSSR count). The van der Waals surface area contributed by atoms with Gasteiger partial charge in [0.15, 0.2) is 0 Å². The highest BCUT2D eigenvalue weighted by Crippen LogP contribution is 2.35. The van der Waals surface area contributed by atoms with E-state index in [1.165, 1.54) is 38.2 Å². The smallest absolute Gasteiger partial charge is 0.135 e. The standard InChI is InChI=1S/C13H17FN2S/c14-10-7-4-8-11(12(10)13(15)16)17-9-5-2-1-3-6-9/h4,7-9H,1-3,5-6H2,(H3,15,16). The first kappa shape index (κ1) is 12.4. The van der Waals surface area contributed by atoms with Crippen LogP contribution < -0.4 is 5.73 Å². The van der Waals surface area contributed by atoms with Crippen LogP contribution in [0.3, 0.4) is 0 Å². The molecule has 1 aromatic rings. The van der Waals surface area contributed by atoms with Crippen molar-refractivity contribution in [1.82, 2.24) is 0 Å². The highest BCUT2D eigenvalue weighted by molar-refractivity contribution is 8.00. The first-order valence-electron chi connectivity index (χ1n) is 5.98. The molecule has 2 nitrogen and oxygen atoms in total. The van der Waals surface area contributed by atoms with Crippen LogP contribution in [0.4, 0.5) is 4.39 Å². The Hall–Kier alpha value is -1.03. The molecule has 0 amide bonds. The second kappa shape index (κ2) is 5.54. The lowest BCUT2D eigenvalue weighted by atomic mass is 10.0. The number of hydrogen-bond acceptors (Lipinski definition) is 2. The van der Waals surface area contributed by atoms with Gasteiger partial charge in [0.05, 0.1) is 5.56 Å². The second-order valence-electron chi connectivity index (χ2n) is 4.40. The van der Waals surface area contributed by atoms with E-state index in [1.807, 2.05) is 6.07 Å². The van der Waals surface area contributed by atoms with Crippen molar-refractivity contribution in [3.63, 3.8) is 0 Å². The Kier molecular flexibility index (Phi) is 4.05. The van der Waals surface area contributed by atoms with Crippen molar-refractivity contribution in [2.45, 2.75) is 42.2 Å². The average Bonchev–Trinajstić information content (AvgIpc) is 2.30. The molecule has 1 aliphatic rings. The predicted octanol–water partition coefficient (Wildman–Crippen LogP) is 3.53. The fraction of sp³-hybridized carbons (Fsp3) is 0.462. The maximum absolute atomic E-state index is 13.6. The number of halogens is 1. The van der Waals surface area contributed by atoms with Crippen molar-refractivity contribution in [3.05, 3.63) is 29.6 Å². The maximum atomic E-state index is 13.6. The highest BCUT2D eigenvalue weighted by atomic mass is 32.2. The van der Waals surface area contributed by atoms with Gasteiger partial charge in [-0.05, 0) is 25.0 Å². The number of benzene rings is 1. The molecule has 0 heterocycles. The summed E-state index contributed by atoms with van der Waals surface area (Å²) in [6, 6.07) is 4.91. The van der Waals surface area contributed by atoms with Crippen molar-refractivity contribution >= 4 is 17.6 Å². The minimum atomic E-state index is -0.390. The van der Waals surface area contributed by atoms with E-state index in [2.05, 4.69) is 0 Å². The van der Waals surface area contributed by atoms with Crippen LogP contribution in [0, 0.1) is 11.2 Å². The number of rotatable bonds is 3. The molecule has 0 radical (unpaired) electrons. The summed E-state index contributed by atoms with van der Waals surface area (Å²) in [7, 11) is 0. The third-order valence-electron chi connectivity index (χ3n) is 3.09. The lowest BCUT2D eigenvalue weighted by molar-refractivity contribution is 0.516. The molecule has 3 N–H and O–H groups in total. The van der Waals surface area contributed by atoms with Gasteiger partial charge in [0, 0.05) is 10.1 Å². The van der Waals surface area contributed by atoms with Crippen LogP contribution in [0.1, 0.15) is 37.7 Å². The molecule has 1 aliphatic carbocycles. The fourth-order valence-electron chi connectivity index (χ4n) is 2.23. The number of amidine groups is 1. The molecule has 1 aromatic carbocycles. The van der Waals surface area contributed by atoms with Gasteiger partial charge < -0.3 is 5.73 Å². The Morgan fingerprint density at radius 1 is 1.29 bits per heavy atom. The van der Waals surface area contributed by atoms with Crippen LogP contribution >= 0.6 is 11.8 Å². The van der Waals surface area contributed by atoms with Gasteiger partial charge in [0.1, 0.15) is 11.7 Å². The zero-order valence-electron chi connectivity index (χ0n) is 9.71. The summed E-state index contributed by atoms with van der Waals surface area (Å²) in [6.07, 6.45) is 6.17. The topological polar surface area (TPSA) is 49.9 Å². The number of thioether (sulfide) groups is 1. The van der Waals surface area contributed by atoms with Crippen LogP contribution in [-0.2, 0) is 0 Å². The summed E-state index contributed by atoms with van der Waals surface area (Å²) >= 11 is 1.67. The van der Waals surface area contributed by atoms with Gasteiger partial charge in [-0.15, -0.1) is 11.8 Å². The molecule has 0 atom stereocenters. The largest absolute Gasteiger partial charge is 0.384 e. The Balaban J connectivity index is 2.19. The van der Waals surface area contributed by atoms with Crippen LogP contribution in [0.5, 0.6) is 0 Å². The zero-order valence-corrected chi connectivity index (χ0v) is 10.5. The van der Waals surface area contributed by atoms with Crippen LogP contribution in [0.25, 0.3) is 0 Å². The van der Waals surface area contributed by atoms with Crippen molar-refractivity contribution in [2.75, 3.05) is 0 Å². The normalized spacial score (nSPS) is 17.0. The minimum Gasteiger partial charge on any atom is -0.384 e. The lowest BCUT2D eigenvalue weighted by Crippen LogP contribution is -2.16. The average molecular weight is 252 g/mol. The van der Waals surface area contributed by atoms with E-state index in [9.17, 15) is 4.39 Å². The molecule has 0 spiro atoms. The summed E-state index contributed by atoms with van der Waals surface area (Å²) < 4.78 is 13.6. The molecule has 0 unspecified atom stereocenters. The zero-order chi connectivity index (χ0) is 12.3. The minimum absolute atomic E-state index is 0.179. The van der Waals surface area contributed by atoms with E-state index >= 15 is 0 Å². The van der Waals surface area contributed by atoms with Gasteiger partial charge >= 0.3 is 0 Å². The third kappa shape index (κ3) is 3.00. The Morgan fingerprint density at radius 2 is 2.00 bits per heavy atom. The summed E-state index contributed by atoms with van der Waals surface area (Å²) in [5.41, 5.74) is 5.72. The van der Waals surface area contributed by atoms with Gasteiger partial charge in [-0.25, -0.2) is 4.39 Å². The van der Waals surface area contributed by atoms with E-state index in [0.717, 1.165) is 4.90 Å². The van der Waals surface area contributed by atoms with Crippen molar-refractivity contribution < 1.29 is 4.39 Å². The Bertz CT molecular complexity index is 414. The number of hydrogen-bond donors (Lipinski definition) is 2. The number of nitrogen functional groups attached to an aromatic ring is 1. The predicted molar refractivity (Wildman–Crippen MR) is 70.1 cm³/mol. The molecule has 17 heavy (non-hydrogen) atoms. The van der Waals surface area contributed by atoms with E-state index in [0.29, 0.717) is 5.25 Å². The molecule has 0 aromatic heterocycles. The van der Waals surface area contributed by atoms with Gasteiger partial charge in [-0.3, -0.25) is 5.41 Å². The fourth-order valence-corrected chi connectivity index (χ4v) is 3.64. The summed E-state index contributed by atoms with van der Waals surface area (Å²) in [5, 5.41) is 8.00. The van der Waals surface area contributed by atoms with Crippen LogP contribution in [0.15, 0.2) is 23.1 Å². The SMILES string of the molecule is N=C(N)c1c(F)cccc1SC1CCCCC1. The molecule has 1 fully saturated rings. The molecular weight excluding hydrogens is 235 g/mol. The van der Waals surface area contributed by atoms with Gasteiger partial charge in [-0.2, -0.15) is 0 Å². The Morgan fingerprint density at radius 3 is 2.65 bits per heavy atom. The van der Waals surface area contributed by atoms with Crippen molar-refractivity contribution in [2.24, 2.45) is 5.73 Å². The first-order chi connectivity index (χ1) is 8.18. The molecular formula is C13H17FN2S. The van der Waals surface area contributed by atoms with Gasteiger partial charge in [0.25, 0.3) is 0 Å². The van der Waals surface area contributed by atoms with Gasteiger partial charge in [0.2, 0.25) is 0 Å². The monoisotopic (exact) mass is 252 g/mol. The van der Waals surface area contributed by atoms with Gasteiger partial charge in [-0.1, -0.05) is 25.3 Å². The molecule has 1 saturated carbocycles.